The van der Waals surface area contributed by atoms with Gasteiger partial charge in [0.05, 0.1) is 145 Å². The van der Waals surface area contributed by atoms with Gasteiger partial charge < -0.3 is 72.8 Å². The van der Waals surface area contributed by atoms with Crippen molar-refractivity contribution in [2.45, 2.75) is 163 Å². The van der Waals surface area contributed by atoms with E-state index in [1.807, 2.05) is 191 Å². The molecular weight excluding hydrogens is 1640 g/mol. The second-order valence-corrected chi connectivity index (χ2v) is 34.6. The van der Waals surface area contributed by atoms with Crippen molar-refractivity contribution >= 4 is 94.7 Å². The van der Waals surface area contributed by atoms with Crippen LogP contribution in [0.15, 0.2) is 147 Å². The van der Waals surface area contributed by atoms with Crippen molar-refractivity contribution in [2.24, 2.45) is 21.1 Å². The van der Waals surface area contributed by atoms with Gasteiger partial charge in [0.2, 0.25) is 0 Å². The number of amides is 6. The van der Waals surface area contributed by atoms with Crippen molar-refractivity contribution < 1.29 is 57.2 Å². The highest BCUT2D eigenvalue weighted by Gasteiger charge is 2.42. The molecule has 3 fully saturated rings. The molecule has 9 aromatic rings. The SMILES string of the molecule is CC(C)OC(=O)NC(C1=Cc2cccnc2C(N2CCN(C(=O)OC(C)C)CC2)c2ccc(Cl)cc21)c1cncn1C.CC(C)OC(=O)N[C@H](C1=Cc2cccnc2C(N2CCN(C(=O)OC(C)C)CC2)c2ccc(Cl)cc21)c1cncn1C.Cc1ccc2c(c1)C([C@H](NC(=O)OC(C)C)c1cncn1C)=Cc1cccnc1C2N1CCN(C(=O)OC(C)C)CC1. The minimum absolute atomic E-state index is 0.149. The second kappa shape index (κ2) is 41.0. The number of rotatable bonds is 18. The average Bonchev–Trinajstić information content (AvgIpc) is 1.62. The lowest BCUT2D eigenvalue weighted by molar-refractivity contribution is 0.0506. The van der Waals surface area contributed by atoms with Crippen LogP contribution in [-0.4, -0.2) is 225 Å². The number of halogens is 2. The fourth-order valence-corrected chi connectivity index (χ4v) is 17.2. The van der Waals surface area contributed by atoms with Gasteiger partial charge in [-0.1, -0.05) is 77.3 Å². The van der Waals surface area contributed by atoms with E-state index in [4.69, 9.17) is 66.6 Å². The Bertz CT molecular complexity index is 4950. The highest BCUT2D eigenvalue weighted by Crippen LogP contribution is 2.49. The molecule has 666 valence electrons. The lowest BCUT2D eigenvalue weighted by Gasteiger charge is -2.39. The Hall–Kier alpha value is -12.0. The second-order valence-electron chi connectivity index (χ2n) is 33.7. The van der Waals surface area contributed by atoms with Crippen molar-refractivity contribution in [3.63, 3.8) is 0 Å². The number of aromatic nitrogens is 9. The Morgan fingerprint density at radius 3 is 0.897 bits per heavy atom. The Labute approximate surface area is 746 Å². The van der Waals surface area contributed by atoms with Crippen LogP contribution in [0.25, 0.3) is 34.9 Å². The molecule has 32 heteroatoms. The fraction of sp³-hybridized carbons (Fsp3) is 0.426. The summed E-state index contributed by atoms with van der Waals surface area (Å²) in [6, 6.07) is 27.8. The number of fused-ring (bicyclic) bond motifs is 6. The normalized spacial score (nSPS) is 17.7. The van der Waals surface area contributed by atoms with Crippen LogP contribution >= 0.6 is 23.2 Å². The number of imidazole rings is 3. The zero-order valence-electron chi connectivity index (χ0n) is 74.4. The van der Waals surface area contributed by atoms with Crippen LogP contribution in [0.3, 0.4) is 0 Å². The van der Waals surface area contributed by atoms with E-state index in [9.17, 15) is 28.8 Å². The van der Waals surface area contributed by atoms with Crippen LogP contribution in [0.1, 0.15) is 209 Å². The number of benzene rings is 3. The molecule has 3 saturated heterocycles. The number of nitrogens with one attached hydrogen (secondary N) is 3. The van der Waals surface area contributed by atoms with Gasteiger partial charge in [0.15, 0.2) is 0 Å². The average molecular weight is 1760 g/mol. The van der Waals surface area contributed by atoms with E-state index in [1.54, 1.807) is 64.7 Å². The van der Waals surface area contributed by atoms with Gasteiger partial charge in [-0.15, -0.1) is 0 Å². The molecule has 9 heterocycles. The molecule has 126 heavy (non-hydrogen) atoms. The summed E-state index contributed by atoms with van der Waals surface area (Å²) in [5.74, 6) is 0. The molecule has 3 aromatic carbocycles. The van der Waals surface area contributed by atoms with Gasteiger partial charge in [0.25, 0.3) is 0 Å². The molecular formula is C94H114Cl2N18O12. The third-order valence-corrected chi connectivity index (χ3v) is 22.9. The lowest BCUT2D eigenvalue weighted by atomic mass is 9.88. The van der Waals surface area contributed by atoms with Crippen molar-refractivity contribution in [1.82, 2.24) is 89.0 Å². The Balaban J connectivity index is 0.000000162. The molecule has 0 saturated carbocycles. The van der Waals surface area contributed by atoms with E-state index < -0.39 is 36.4 Å². The molecule has 0 radical (unpaired) electrons. The molecule has 6 atom stereocenters. The predicted molar refractivity (Wildman–Crippen MR) is 482 cm³/mol. The van der Waals surface area contributed by atoms with Gasteiger partial charge in [-0.05, 0) is 217 Å². The number of nitrogens with zero attached hydrogens (tertiary/aromatic N) is 15. The van der Waals surface area contributed by atoms with Crippen molar-refractivity contribution in [2.75, 3.05) is 78.5 Å². The number of piperazine rings is 3. The smallest absolute Gasteiger partial charge is 0.410 e. The first-order valence-electron chi connectivity index (χ1n) is 43.0. The molecule has 30 nitrogen and oxygen atoms in total. The number of hydrogen-bond donors (Lipinski definition) is 3. The highest BCUT2D eigenvalue weighted by molar-refractivity contribution is 6.31. The van der Waals surface area contributed by atoms with E-state index >= 15 is 0 Å². The fourth-order valence-electron chi connectivity index (χ4n) is 16.8. The molecule has 6 aromatic heterocycles. The minimum Gasteiger partial charge on any atom is -0.447 e. The zero-order valence-corrected chi connectivity index (χ0v) is 75.9. The van der Waals surface area contributed by atoms with E-state index in [2.05, 4.69) is 95.0 Å². The number of pyridine rings is 3. The largest absolute Gasteiger partial charge is 0.447 e. The molecule has 3 aliphatic heterocycles. The molecule has 4 unspecified atom stereocenters. The van der Waals surface area contributed by atoms with Crippen LogP contribution in [0.4, 0.5) is 28.8 Å². The van der Waals surface area contributed by atoms with Gasteiger partial charge in [-0.3, -0.25) is 29.7 Å². The van der Waals surface area contributed by atoms with Gasteiger partial charge in [-0.2, -0.15) is 0 Å². The standard InChI is InChI=1S/C32H40N6O4.2C31H37ClN6O4/c1-20(2)41-31(39)35-29(27-18-33-19-36(27)6)26-17-23-8-7-11-34-28(23)30(24-10-9-22(5)16-25(24)26)37-12-14-38(15-13-37)32(40)42-21(3)4;2*1-19(2)41-30(39)35-28(26-17-33-18-36(26)5)25-15-21-7-6-10-34-27(21)29(23-9-8-22(32)16-24(23)25)37-11-13-38(14-12-37)31(40)42-20(3)4/h7-11,16-21,29-30H,12-15H2,1-6H3,(H,35,39);2*6-10,15-20,28-29H,11-14H2,1-5H3,(H,35,39)/t29-,30?;28-,29?;/m01./s1. The molecule has 3 N–H and O–H groups in total. The minimum atomic E-state index is -0.588. The summed E-state index contributed by atoms with van der Waals surface area (Å²) in [4.78, 5) is 117. The van der Waals surface area contributed by atoms with Crippen LogP contribution in [0.5, 0.6) is 0 Å². The highest BCUT2D eigenvalue weighted by atomic mass is 35.5. The van der Waals surface area contributed by atoms with Crippen LogP contribution in [0, 0.1) is 6.92 Å². The topological polar surface area (TPSA) is 305 Å². The zero-order chi connectivity index (χ0) is 89.9. The first-order valence-corrected chi connectivity index (χ1v) is 43.7. The maximum atomic E-state index is 13.0. The summed E-state index contributed by atoms with van der Waals surface area (Å²) < 4.78 is 38.5. The van der Waals surface area contributed by atoms with Crippen LogP contribution < -0.4 is 16.0 Å². The lowest BCUT2D eigenvalue weighted by Crippen LogP contribution is -2.50. The van der Waals surface area contributed by atoms with Gasteiger partial charge in [0.1, 0.15) is 0 Å². The molecule has 0 bridgehead atoms. The summed E-state index contributed by atoms with van der Waals surface area (Å²) in [6.45, 7) is 31.3. The third kappa shape index (κ3) is 21.7. The van der Waals surface area contributed by atoms with Gasteiger partial charge in [-0.25, -0.2) is 43.7 Å². The quantitative estimate of drug-likeness (QED) is 0.0672. The van der Waals surface area contributed by atoms with E-state index in [0.29, 0.717) is 88.6 Å². The van der Waals surface area contributed by atoms with Crippen molar-refractivity contribution in [3.05, 3.63) is 247 Å². The maximum Gasteiger partial charge on any atom is 0.410 e. The first kappa shape index (κ1) is 91.7. The summed E-state index contributed by atoms with van der Waals surface area (Å²) in [6.07, 6.45) is 18.3. The Morgan fingerprint density at radius 1 is 0.365 bits per heavy atom. The monoisotopic (exact) mass is 1760 g/mol. The van der Waals surface area contributed by atoms with Crippen LogP contribution in [-0.2, 0) is 49.6 Å². The van der Waals surface area contributed by atoms with E-state index in [-0.39, 0.29) is 73.0 Å². The van der Waals surface area contributed by atoms with Crippen molar-refractivity contribution in [1.29, 1.82) is 0 Å². The van der Waals surface area contributed by atoms with E-state index in [1.165, 1.54) is 0 Å². The maximum absolute atomic E-state index is 13.0. The number of aryl methyl sites for hydroxylation is 4. The van der Waals surface area contributed by atoms with Crippen LogP contribution in [0.2, 0.25) is 10.0 Å². The van der Waals surface area contributed by atoms with E-state index in [0.717, 1.165) is 107 Å². The first-order chi connectivity index (χ1) is 60.4. The number of alkyl carbamates (subject to hydrolysis) is 3. The summed E-state index contributed by atoms with van der Waals surface area (Å²) >= 11 is 13.3. The number of ether oxygens (including phenoxy) is 6. The van der Waals surface area contributed by atoms with Gasteiger partial charge in [0, 0.05) is 128 Å². The summed E-state index contributed by atoms with van der Waals surface area (Å²) in [5.41, 5.74) is 17.6. The number of carbonyl (C=O) groups is 6. The molecule has 3 aliphatic carbocycles. The summed E-state index contributed by atoms with van der Waals surface area (Å²) in [5, 5.41) is 10.4. The number of carbonyl (C=O) groups excluding carboxylic acids is 6. The Kier molecular flexibility index (Phi) is 29.8. The molecule has 6 aliphatic rings. The summed E-state index contributed by atoms with van der Waals surface area (Å²) in [7, 11) is 5.70. The third-order valence-electron chi connectivity index (χ3n) is 22.4. The Morgan fingerprint density at radius 2 is 0.635 bits per heavy atom. The molecule has 0 spiro atoms. The van der Waals surface area contributed by atoms with Gasteiger partial charge >= 0.3 is 36.6 Å². The molecule has 6 amide bonds. The molecule has 15 rings (SSSR count). The van der Waals surface area contributed by atoms with Crippen molar-refractivity contribution in [3.8, 4) is 0 Å². The predicted octanol–water partition coefficient (Wildman–Crippen LogP) is 16.0. The number of hydrogen-bond acceptors (Lipinski definition) is 21.